The van der Waals surface area contributed by atoms with Gasteiger partial charge in [0, 0.05) is 51.7 Å². The standard InChI is InChI=1S/C20H24N6O3S/c1-12-16(5-4-15(22-12)17(27)21-2)26-8-6-25(7-9-26)11-13-10-14-18(30-13)23-20(29)24(3)19(14)28/h4-5,10H,6-9,11H2,1-3H3,(H,21,27)(H,23,29). The van der Waals surface area contributed by atoms with Gasteiger partial charge >= 0.3 is 5.69 Å². The largest absolute Gasteiger partial charge is 0.368 e. The van der Waals surface area contributed by atoms with Gasteiger partial charge in [-0.25, -0.2) is 9.78 Å². The van der Waals surface area contributed by atoms with E-state index in [-0.39, 0.29) is 17.2 Å². The summed E-state index contributed by atoms with van der Waals surface area (Å²) in [4.78, 5) is 49.3. The third-order valence-electron chi connectivity index (χ3n) is 5.45. The molecule has 0 radical (unpaired) electrons. The minimum atomic E-state index is -0.388. The van der Waals surface area contributed by atoms with Crippen LogP contribution in [0.3, 0.4) is 0 Å². The Morgan fingerprint density at radius 3 is 2.63 bits per heavy atom. The van der Waals surface area contributed by atoms with Crippen molar-refractivity contribution >= 4 is 33.1 Å². The lowest BCUT2D eigenvalue weighted by Crippen LogP contribution is -2.46. The lowest BCUT2D eigenvalue weighted by atomic mass is 10.2. The second-order valence-corrected chi connectivity index (χ2v) is 8.53. The number of carbonyl (C=O) groups excluding carboxylic acids is 1. The van der Waals surface area contributed by atoms with Crippen LogP contribution < -0.4 is 21.5 Å². The first-order chi connectivity index (χ1) is 14.4. The molecule has 0 aliphatic carbocycles. The van der Waals surface area contributed by atoms with Crippen molar-refractivity contribution in [1.29, 1.82) is 0 Å². The highest BCUT2D eigenvalue weighted by atomic mass is 32.1. The predicted octanol–water partition coefficient (Wildman–Crippen LogP) is 0.674. The normalized spacial score (nSPS) is 15.0. The van der Waals surface area contributed by atoms with E-state index in [4.69, 9.17) is 0 Å². The summed E-state index contributed by atoms with van der Waals surface area (Å²) in [7, 11) is 3.08. The fourth-order valence-corrected chi connectivity index (χ4v) is 4.82. The lowest BCUT2D eigenvalue weighted by molar-refractivity contribution is 0.0958. The number of aromatic amines is 1. The summed E-state index contributed by atoms with van der Waals surface area (Å²) < 4.78 is 1.10. The highest BCUT2D eigenvalue weighted by molar-refractivity contribution is 7.18. The van der Waals surface area contributed by atoms with E-state index in [0.29, 0.717) is 15.9 Å². The van der Waals surface area contributed by atoms with Crippen LogP contribution in [0.5, 0.6) is 0 Å². The minimum Gasteiger partial charge on any atom is -0.368 e. The Morgan fingerprint density at radius 2 is 1.97 bits per heavy atom. The number of nitrogens with one attached hydrogen (secondary N) is 2. The van der Waals surface area contributed by atoms with Gasteiger partial charge in [0.05, 0.1) is 16.8 Å². The first-order valence-electron chi connectivity index (χ1n) is 9.76. The van der Waals surface area contributed by atoms with Crippen LogP contribution in [0.1, 0.15) is 21.1 Å². The van der Waals surface area contributed by atoms with Crippen LogP contribution in [0, 0.1) is 6.92 Å². The molecule has 3 aromatic rings. The molecule has 30 heavy (non-hydrogen) atoms. The van der Waals surface area contributed by atoms with E-state index >= 15 is 0 Å². The molecule has 0 bridgehead atoms. The SMILES string of the molecule is CNC(=O)c1ccc(N2CCN(Cc3cc4c(=O)n(C)c(=O)[nH]c4s3)CC2)c(C)n1. The number of hydrogen-bond donors (Lipinski definition) is 2. The summed E-state index contributed by atoms with van der Waals surface area (Å²) in [6.45, 7) is 6.12. The average Bonchev–Trinajstić information content (AvgIpc) is 3.14. The zero-order valence-corrected chi connectivity index (χ0v) is 18.0. The number of piperazine rings is 1. The van der Waals surface area contributed by atoms with Gasteiger partial charge in [0.2, 0.25) is 0 Å². The van der Waals surface area contributed by atoms with Crippen LogP contribution in [0.15, 0.2) is 27.8 Å². The predicted molar refractivity (Wildman–Crippen MR) is 118 cm³/mol. The number of amides is 1. The number of anilines is 1. The van der Waals surface area contributed by atoms with Crippen LogP contribution in [0.4, 0.5) is 5.69 Å². The molecule has 158 valence electrons. The van der Waals surface area contributed by atoms with Crippen LogP contribution in [0.25, 0.3) is 10.2 Å². The second kappa shape index (κ2) is 8.04. The molecule has 1 aliphatic heterocycles. The van der Waals surface area contributed by atoms with Gasteiger partial charge in [-0.05, 0) is 25.1 Å². The van der Waals surface area contributed by atoms with Crippen molar-refractivity contribution in [2.75, 3.05) is 38.1 Å². The van der Waals surface area contributed by atoms with E-state index in [1.165, 1.54) is 18.4 Å². The molecule has 2 N–H and O–H groups in total. The molecule has 0 spiro atoms. The van der Waals surface area contributed by atoms with Crippen molar-refractivity contribution in [2.45, 2.75) is 13.5 Å². The zero-order chi connectivity index (χ0) is 21.4. The molecule has 1 amide bonds. The van der Waals surface area contributed by atoms with E-state index in [2.05, 4.69) is 25.1 Å². The highest BCUT2D eigenvalue weighted by Gasteiger charge is 2.21. The number of aromatic nitrogens is 3. The number of rotatable bonds is 4. The molecule has 0 atom stereocenters. The second-order valence-electron chi connectivity index (χ2n) is 7.39. The molecule has 4 rings (SSSR count). The van der Waals surface area contributed by atoms with Crippen molar-refractivity contribution in [1.82, 2.24) is 24.8 Å². The van der Waals surface area contributed by atoms with Crippen LogP contribution in [-0.2, 0) is 13.6 Å². The van der Waals surface area contributed by atoms with E-state index < -0.39 is 0 Å². The number of fused-ring (bicyclic) bond motifs is 1. The van der Waals surface area contributed by atoms with Crippen molar-refractivity contribution in [3.63, 3.8) is 0 Å². The van der Waals surface area contributed by atoms with Gasteiger partial charge < -0.3 is 10.2 Å². The molecule has 1 fully saturated rings. The van der Waals surface area contributed by atoms with Gasteiger partial charge in [-0.2, -0.15) is 0 Å². The maximum absolute atomic E-state index is 12.3. The Bertz CT molecular complexity index is 1220. The quantitative estimate of drug-likeness (QED) is 0.633. The van der Waals surface area contributed by atoms with Crippen LogP contribution in [0.2, 0.25) is 0 Å². The lowest BCUT2D eigenvalue weighted by Gasteiger charge is -2.36. The van der Waals surface area contributed by atoms with Crippen LogP contribution in [-0.4, -0.2) is 58.6 Å². The first kappa shape index (κ1) is 20.3. The van der Waals surface area contributed by atoms with E-state index in [1.807, 2.05) is 19.1 Å². The Hall–Kier alpha value is -2.98. The molecular weight excluding hydrogens is 404 g/mol. The molecule has 4 heterocycles. The average molecular weight is 429 g/mol. The van der Waals surface area contributed by atoms with Gasteiger partial charge in [-0.15, -0.1) is 11.3 Å². The third-order valence-corrected chi connectivity index (χ3v) is 6.49. The molecule has 1 aliphatic rings. The smallest absolute Gasteiger partial charge is 0.329 e. The minimum absolute atomic E-state index is 0.186. The zero-order valence-electron chi connectivity index (χ0n) is 17.2. The number of hydrogen-bond acceptors (Lipinski definition) is 7. The molecule has 0 saturated carbocycles. The van der Waals surface area contributed by atoms with Gasteiger partial charge in [-0.3, -0.25) is 24.0 Å². The number of thiophene rings is 1. The van der Waals surface area contributed by atoms with Crippen molar-refractivity contribution in [3.8, 4) is 0 Å². The Labute approximate surface area is 177 Å². The fraction of sp³-hybridized carbons (Fsp3) is 0.400. The number of carbonyl (C=O) groups is 1. The summed E-state index contributed by atoms with van der Waals surface area (Å²) in [5, 5.41) is 3.16. The number of pyridine rings is 1. The Kier molecular flexibility index (Phi) is 5.44. The summed E-state index contributed by atoms with van der Waals surface area (Å²) >= 11 is 1.46. The molecule has 9 nitrogen and oxygen atoms in total. The van der Waals surface area contributed by atoms with Gasteiger partial charge in [0.25, 0.3) is 11.5 Å². The van der Waals surface area contributed by atoms with E-state index in [0.717, 1.165) is 53.5 Å². The molecular formula is C20H24N6O3S. The van der Waals surface area contributed by atoms with Gasteiger partial charge in [-0.1, -0.05) is 0 Å². The van der Waals surface area contributed by atoms with Gasteiger partial charge in [0.1, 0.15) is 10.5 Å². The summed E-state index contributed by atoms with van der Waals surface area (Å²) in [5.41, 5.74) is 1.66. The van der Waals surface area contributed by atoms with Crippen molar-refractivity contribution in [3.05, 3.63) is 55.3 Å². The fourth-order valence-electron chi connectivity index (χ4n) is 3.74. The van der Waals surface area contributed by atoms with Crippen molar-refractivity contribution < 1.29 is 4.79 Å². The summed E-state index contributed by atoms with van der Waals surface area (Å²) in [6, 6.07) is 5.60. The highest BCUT2D eigenvalue weighted by Crippen LogP contribution is 2.24. The summed E-state index contributed by atoms with van der Waals surface area (Å²) in [5.74, 6) is -0.186. The number of nitrogens with zero attached hydrogens (tertiary/aromatic N) is 4. The Morgan fingerprint density at radius 1 is 1.23 bits per heavy atom. The molecule has 0 aromatic carbocycles. The maximum Gasteiger partial charge on any atom is 0.329 e. The first-order valence-corrected chi connectivity index (χ1v) is 10.6. The molecule has 1 saturated heterocycles. The van der Waals surface area contributed by atoms with E-state index in [1.54, 1.807) is 13.1 Å². The molecule has 0 unspecified atom stereocenters. The third kappa shape index (κ3) is 3.75. The van der Waals surface area contributed by atoms with Gasteiger partial charge in [0.15, 0.2) is 0 Å². The molecule has 10 heteroatoms. The molecule has 3 aromatic heterocycles. The summed E-state index contributed by atoms with van der Waals surface area (Å²) in [6.07, 6.45) is 0. The number of H-pyrrole nitrogens is 1. The maximum atomic E-state index is 12.3. The van der Waals surface area contributed by atoms with E-state index in [9.17, 15) is 14.4 Å². The number of aryl methyl sites for hydroxylation is 1. The van der Waals surface area contributed by atoms with Crippen molar-refractivity contribution in [2.24, 2.45) is 7.05 Å². The monoisotopic (exact) mass is 428 g/mol. The topological polar surface area (TPSA) is 103 Å². The van der Waals surface area contributed by atoms with Crippen LogP contribution >= 0.6 is 11.3 Å². The Balaban J connectivity index is 1.43.